The molecule has 0 radical (unpaired) electrons. The molecule has 1 amide bonds. The van der Waals surface area contributed by atoms with Crippen molar-refractivity contribution in [2.45, 2.75) is 32.2 Å². The molecule has 0 unspecified atom stereocenters. The van der Waals surface area contributed by atoms with E-state index in [9.17, 15) is 14.4 Å². The molecule has 124 valence electrons. The first-order chi connectivity index (χ1) is 11.5. The van der Waals surface area contributed by atoms with Gasteiger partial charge in [0.2, 0.25) is 0 Å². The molecular formula is C18H17ClN2O3. The number of pyridine rings is 1. The van der Waals surface area contributed by atoms with E-state index in [0.29, 0.717) is 29.1 Å². The van der Waals surface area contributed by atoms with E-state index in [1.54, 1.807) is 25.1 Å². The molecule has 1 aliphatic rings. The van der Waals surface area contributed by atoms with Gasteiger partial charge in [-0.3, -0.25) is 14.4 Å². The topological polar surface area (TPSA) is 79.0 Å². The van der Waals surface area contributed by atoms with Crippen LogP contribution in [0.3, 0.4) is 0 Å². The number of Topliss-reactive ketones (excluding diaryl/α,β-unsaturated/α-hetero) is 1. The molecule has 1 atom stereocenters. The first-order valence-electron chi connectivity index (χ1n) is 7.81. The van der Waals surface area contributed by atoms with E-state index in [0.717, 1.165) is 12.0 Å². The molecule has 0 saturated carbocycles. The molecule has 0 bridgehead atoms. The van der Waals surface area contributed by atoms with Crippen LogP contribution in [0.5, 0.6) is 0 Å². The third-order valence-corrected chi connectivity index (χ3v) is 4.43. The summed E-state index contributed by atoms with van der Waals surface area (Å²) in [5.41, 5.74) is 1.38. The molecule has 24 heavy (non-hydrogen) atoms. The normalized spacial score (nSPS) is 14.8. The molecule has 3 rings (SSSR count). The summed E-state index contributed by atoms with van der Waals surface area (Å²) in [7, 11) is 0. The van der Waals surface area contributed by atoms with Gasteiger partial charge in [-0.05, 0) is 43.5 Å². The lowest BCUT2D eigenvalue weighted by molar-refractivity contribution is 0.0938. The molecule has 6 heteroatoms. The highest BCUT2D eigenvalue weighted by atomic mass is 35.5. The number of halogens is 1. The summed E-state index contributed by atoms with van der Waals surface area (Å²) in [5, 5.41) is 3.35. The minimum absolute atomic E-state index is 0.0376. The van der Waals surface area contributed by atoms with Crippen molar-refractivity contribution in [2.75, 3.05) is 0 Å². The fourth-order valence-corrected chi connectivity index (χ4v) is 3.08. The number of ketones is 1. The highest BCUT2D eigenvalue weighted by molar-refractivity contribution is 6.30. The van der Waals surface area contributed by atoms with Gasteiger partial charge in [0.15, 0.2) is 5.78 Å². The first-order valence-corrected chi connectivity index (χ1v) is 8.19. The van der Waals surface area contributed by atoms with Gasteiger partial charge in [-0.2, -0.15) is 0 Å². The van der Waals surface area contributed by atoms with Crippen LogP contribution in [0.1, 0.15) is 57.8 Å². The van der Waals surface area contributed by atoms with Crippen LogP contribution in [0, 0.1) is 0 Å². The van der Waals surface area contributed by atoms with Crippen molar-refractivity contribution in [1.29, 1.82) is 0 Å². The van der Waals surface area contributed by atoms with E-state index in [1.807, 2.05) is 6.07 Å². The molecule has 0 fully saturated rings. The van der Waals surface area contributed by atoms with Crippen LogP contribution in [0.4, 0.5) is 0 Å². The highest BCUT2D eigenvalue weighted by Gasteiger charge is 2.22. The highest BCUT2D eigenvalue weighted by Crippen LogP contribution is 2.20. The summed E-state index contributed by atoms with van der Waals surface area (Å²) in [6, 6.07) is 8.24. The third kappa shape index (κ3) is 3.26. The Bertz CT molecular complexity index is 873. The SMILES string of the molecule is C[C@@H](NC(=O)c1cc2c([nH]c1=O)CCCC2=O)c1cccc(Cl)c1. The summed E-state index contributed by atoms with van der Waals surface area (Å²) in [5.74, 6) is -0.547. The summed E-state index contributed by atoms with van der Waals surface area (Å²) in [6.45, 7) is 1.81. The zero-order chi connectivity index (χ0) is 17.3. The number of aromatic nitrogens is 1. The van der Waals surface area contributed by atoms with Crippen molar-refractivity contribution in [3.8, 4) is 0 Å². The Morgan fingerprint density at radius 3 is 2.79 bits per heavy atom. The van der Waals surface area contributed by atoms with Crippen LogP contribution in [-0.2, 0) is 6.42 Å². The second-order valence-corrected chi connectivity index (χ2v) is 6.37. The van der Waals surface area contributed by atoms with Crippen LogP contribution in [0.15, 0.2) is 35.1 Å². The fourth-order valence-electron chi connectivity index (χ4n) is 2.88. The first kappa shape index (κ1) is 16.5. The molecule has 1 heterocycles. The molecule has 0 aliphatic heterocycles. The fraction of sp³-hybridized carbons (Fsp3) is 0.278. The second-order valence-electron chi connectivity index (χ2n) is 5.93. The average molecular weight is 345 g/mol. The Labute approximate surface area is 144 Å². The van der Waals surface area contributed by atoms with Crippen LogP contribution < -0.4 is 10.9 Å². The quantitative estimate of drug-likeness (QED) is 0.898. The maximum absolute atomic E-state index is 12.5. The van der Waals surface area contributed by atoms with Gasteiger partial charge in [-0.1, -0.05) is 23.7 Å². The van der Waals surface area contributed by atoms with Crippen molar-refractivity contribution in [3.63, 3.8) is 0 Å². The van der Waals surface area contributed by atoms with Gasteiger partial charge in [0, 0.05) is 22.7 Å². The van der Waals surface area contributed by atoms with Gasteiger partial charge >= 0.3 is 0 Å². The third-order valence-electron chi connectivity index (χ3n) is 4.19. The standard InChI is InChI=1S/C18H17ClN2O3/c1-10(11-4-2-5-12(19)8-11)20-17(23)14-9-13-15(21-18(14)24)6-3-7-16(13)22/h2,4-5,8-10H,3,6-7H2,1H3,(H,20,23)(H,21,24)/t10-/m1/s1. The summed E-state index contributed by atoms with van der Waals surface area (Å²) < 4.78 is 0. The molecule has 1 aromatic carbocycles. The number of benzene rings is 1. The van der Waals surface area contributed by atoms with Gasteiger partial charge in [0.25, 0.3) is 11.5 Å². The predicted molar refractivity (Wildman–Crippen MR) is 91.7 cm³/mol. The molecule has 0 saturated heterocycles. The van der Waals surface area contributed by atoms with Crippen LogP contribution in [-0.4, -0.2) is 16.7 Å². The number of fused-ring (bicyclic) bond motifs is 1. The van der Waals surface area contributed by atoms with Gasteiger partial charge in [-0.15, -0.1) is 0 Å². The number of aryl methyl sites for hydroxylation is 1. The molecule has 5 nitrogen and oxygen atoms in total. The number of hydrogen-bond acceptors (Lipinski definition) is 3. The van der Waals surface area contributed by atoms with E-state index in [2.05, 4.69) is 10.3 Å². The number of nitrogens with one attached hydrogen (secondary N) is 2. The number of rotatable bonds is 3. The van der Waals surface area contributed by atoms with Crippen molar-refractivity contribution < 1.29 is 9.59 Å². The number of amides is 1. The predicted octanol–water partition coefficient (Wildman–Crippen LogP) is 3.04. The molecule has 2 N–H and O–H groups in total. The van der Waals surface area contributed by atoms with Crippen LogP contribution >= 0.6 is 11.6 Å². The number of H-pyrrole nitrogens is 1. The Kier molecular flexibility index (Phi) is 4.53. The monoisotopic (exact) mass is 344 g/mol. The van der Waals surface area contributed by atoms with E-state index in [1.165, 1.54) is 6.07 Å². The Balaban J connectivity index is 1.86. The Morgan fingerprint density at radius 1 is 1.25 bits per heavy atom. The lowest BCUT2D eigenvalue weighted by Gasteiger charge is -2.17. The maximum atomic E-state index is 12.5. The Morgan fingerprint density at radius 2 is 2.04 bits per heavy atom. The Hall–Kier alpha value is -2.40. The van der Waals surface area contributed by atoms with E-state index in [-0.39, 0.29) is 17.4 Å². The van der Waals surface area contributed by atoms with Crippen molar-refractivity contribution in [2.24, 2.45) is 0 Å². The summed E-state index contributed by atoms with van der Waals surface area (Å²) >= 11 is 5.96. The van der Waals surface area contributed by atoms with E-state index >= 15 is 0 Å². The average Bonchev–Trinajstić information content (AvgIpc) is 2.54. The summed E-state index contributed by atoms with van der Waals surface area (Å²) in [6.07, 6.45) is 1.81. The van der Waals surface area contributed by atoms with E-state index in [4.69, 9.17) is 11.6 Å². The second kappa shape index (κ2) is 6.61. The largest absolute Gasteiger partial charge is 0.345 e. The van der Waals surface area contributed by atoms with Gasteiger partial charge in [0.1, 0.15) is 5.56 Å². The number of carbonyl (C=O) groups is 2. The number of carbonyl (C=O) groups excluding carboxylic acids is 2. The maximum Gasteiger partial charge on any atom is 0.261 e. The van der Waals surface area contributed by atoms with Crippen molar-refractivity contribution >= 4 is 23.3 Å². The zero-order valence-electron chi connectivity index (χ0n) is 13.2. The smallest absolute Gasteiger partial charge is 0.261 e. The van der Waals surface area contributed by atoms with Crippen molar-refractivity contribution in [3.05, 3.63) is 68.1 Å². The zero-order valence-corrected chi connectivity index (χ0v) is 13.9. The molecule has 1 aromatic heterocycles. The minimum Gasteiger partial charge on any atom is -0.345 e. The van der Waals surface area contributed by atoms with E-state index < -0.39 is 11.5 Å². The van der Waals surface area contributed by atoms with Crippen molar-refractivity contribution in [1.82, 2.24) is 10.3 Å². The minimum atomic E-state index is -0.509. The molecule has 1 aliphatic carbocycles. The number of hydrogen-bond donors (Lipinski definition) is 2. The van der Waals surface area contributed by atoms with Gasteiger partial charge in [0.05, 0.1) is 6.04 Å². The number of aromatic amines is 1. The molecular weight excluding hydrogens is 328 g/mol. The summed E-state index contributed by atoms with van der Waals surface area (Å²) in [4.78, 5) is 39.3. The molecule has 0 spiro atoms. The van der Waals surface area contributed by atoms with Crippen LogP contribution in [0.25, 0.3) is 0 Å². The lowest BCUT2D eigenvalue weighted by atomic mass is 9.93. The van der Waals surface area contributed by atoms with Gasteiger partial charge < -0.3 is 10.3 Å². The van der Waals surface area contributed by atoms with Crippen LogP contribution in [0.2, 0.25) is 5.02 Å². The molecule has 2 aromatic rings. The lowest BCUT2D eigenvalue weighted by Crippen LogP contribution is -2.33. The van der Waals surface area contributed by atoms with Gasteiger partial charge in [-0.25, -0.2) is 0 Å².